The molecule has 26 heavy (non-hydrogen) atoms. The first-order chi connectivity index (χ1) is 12.1. The quantitative estimate of drug-likeness (QED) is 0.523. The molecule has 1 saturated carbocycles. The maximum atomic E-state index is 12.1. The molecule has 8 nitrogen and oxygen atoms in total. The summed E-state index contributed by atoms with van der Waals surface area (Å²) >= 11 is 0. The van der Waals surface area contributed by atoms with Gasteiger partial charge in [-0.1, -0.05) is 19.3 Å². The van der Waals surface area contributed by atoms with Crippen LogP contribution in [0, 0.1) is 5.92 Å². The lowest BCUT2D eigenvalue weighted by molar-refractivity contribution is -0.128. The molecule has 0 aromatic heterocycles. The van der Waals surface area contributed by atoms with Crippen molar-refractivity contribution in [3.8, 4) is 0 Å². The van der Waals surface area contributed by atoms with Crippen LogP contribution in [0.2, 0.25) is 0 Å². The number of rotatable bonds is 6. The Morgan fingerprint density at radius 3 is 2.46 bits per heavy atom. The van der Waals surface area contributed by atoms with Gasteiger partial charge in [0.15, 0.2) is 0 Å². The van der Waals surface area contributed by atoms with Crippen molar-refractivity contribution in [2.45, 2.75) is 51.0 Å². The van der Waals surface area contributed by atoms with Crippen LogP contribution >= 0.6 is 12.4 Å². The van der Waals surface area contributed by atoms with Crippen LogP contribution in [0.25, 0.3) is 0 Å². The van der Waals surface area contributed by atoms with Crippen LogP contribution in [-0.2, 0) is 9.59 Å². The molecule has 1 aliphatic heterocycles. The molecule has 4 amide bonds. The molecule has 1 aliphatic carbocycles. The predicted molar refractivity (Wildman–Crippen MR) is 102 cm³/mol. The topological polar surface area (TPSA) is 117 Å². The largest absolute Gasteiger partial charge is 0.355 e. The molecular formula is C17H32ClN5O3. The number of likely N-dealkylation sites (tertiary alicyclic amines) is 1. The van der Waals surface area contributed by atoms with Crippen LogP contribution in [0.1, 0.15) is 44.9 Å². The molecule has 9 heteroatoms. The Balaban J connectivity index is 0.00000338. The van der Waals surface area contributed by atoms with Gasteiger partial charge in [-0.25, -0.2) is 4.79 Å². The Kier molecular flexibility index (Phi) is 10.5. The lowest BCUT2D eigenvalue weighted by Gasteiger charge is -2.31. The average Bonchev–Trinajstić information content (AvgIpc) is 2.60. The number of urea groups is 1. The molecule has 2 aliphatic rings. The van der Waals surface area contributed by atoms with E-state index < -0.39 is 6.03 Å². The Morgan fingerprint density at radius 2 is 1.77 bits per heavy atom. The smallest absolute Gasteiger partial charge is 0.321 e. The van der Waals surface area contributed by atoms with E-state index in [2.05, 4.69) is 16.0 Å². The number of halogens is 1. The molecular weight excluding hydrogens is 358 g/mol. The summed E-state index contributed by atoms with van der Waals surface area (Å²) in [5.41, 5.74) is 5.40. The van der Waals surface area contributed by atoms with Crippen molar-refractivity contribution in [2.24, 2.45) is 11.7 Å². The number of piperidine rings is 1. The maximum Gasteiger partial charge on any atom is 0.321 e. The fourth-order valence-corrected chi connectivity index (χ4v) is 3.59. The van der Waals surface area contributed by atoms with Crippen LogP contribution in [0.3, 0.4) is 0 Å². The zero-order valence-electron chi connectivity index (χ0n) is 15.3. The minimum atomic E-state index is -0.411. The van der Waals surface area contributed by atoms with Crippen LogP contribution < -0.4 is 21.7 Å². The Labute approximate surface area is 161 Å². The van der Waals surface area contributed by atoms with Gasteiger partial charge >= 0.3 is 6.03 Å². The van der Waals surface area contributed by atoms with Gasteiger partial charge in [-0.3, -0.25) is 19.8 Å². The van der Waals surface area contributed by atoms with E-state index in [0.717, 1.165) is 45.1 Å². The number of nitrogens with two attached hydrogens (primary N) is 1. The summed E-state index contributed by atoms with van der Waals surface area (Å²) in [6.45, 7) is 2.32. The van der Waals surface area contributed by atoms with Gasteiger partial charge in [0.25, 0.3) is 0 Å². The fourth-order valence-electron chi connectivity index (χ4n) is 3.59. The van der Waals surface area contributed by atoms with Gasteiger partial charge in [-0.2, -0.15) is 0 Å². The molecule has 0 aromatic rings. The van der Waals surface area contributed by atoms with Crippen molar-refractivity contribution < 1.29 is 14.4 Å². The number of nitrogens with one attached hydrogen (secondary N) is 3. The third-order valence-electron chi connectivity index (χ3n) is 4.88. The normalized spacial score (nSPS) is 21.3. The van der Waals surface area contributed by atoms with E-state index in [1.54, 1.807) is 0 Å². The Hall–Kier alpha value is -1.38. The molecule has 0 bridgehead atoms. The lowest BCUT2D eigenvalue weighted by atomic mass is 9.96. The predicted octanol–water partition coefficient (Wildman–Crippen LogP) is 0.354. The molecule has 0 aromatic carbocycles. The van der Waals surface area contributed by atoms with E-state index >= 15 is 0 Å². The summed E-state index contributed by atoms with van der Waals surface area (Å²) < 4.78 is 0. The van der Waals surface area contributed by atoms with Crippen molar-refractivity contribution in [1.29, 1.82) is 0 Å². The zero-order chi connectivity index (χ0) is 18.1. The van der Waals surface area contributed by atoms with E-state index in [4.69, 9.17) is 5.73 Å². The third-order valence-corrected chi connectivity index (χ3v) is 4.88. The molecule has 1 saturated heterocycles. The summed E-state index contributed by atoms with van der Waals surface area (Å²) in [6.07, 6.45) is 7.11. The van der Waals surface area contributed by atoms with Gasteiger partial charge in [0.05, 0.1) is 12.5 Å². The van der Waals surface area contributed by atoms with Crippen molar-refractivity contribution in [3.05, 3.63) is 0 Å². The Morgan fingerprint density at radius 1 is 1.04 bits per heavy atom. The summed E-state index contributed by atoms with van der Waals surface area (Å²) in [6, 6.07) is -0.238. The first-order valence-corrected chi connectivity index (χ1v) is 9.39. The second-order valence-corrected chi connectivity index (χ2v) is 7.01. The van der Waals surface area contributed by atoms with Gasteiger partial charge in [0.2, 0.25) is 11.8 Å². The van der Waals surface area contributed by atoms with Gasteiger partial charge in [0, 0.05) is 25.7 Å². The maximum absolute atomic E-state index is 12.1. The number of carbonyl (C=O) groups is 3. The van der Waals surface area contributed by atoms with Crippen LogP contribution in [0.15, 0.2) is 0 Å². The van der Waals surface area contributed by atoms with Crippen LogP contribution in [-0.4, -0.2) is 61.5 Å². The van der Waals surface area contributed by atoms with E-state index in [1.807, 2.05) is 4.90 Å². The number of carbonyl (C=O) groups excluding carboxylic acids is 3. The zero-order valence-corrected chi connectivity index (χ0v) is 16.1. The van der Waals surface area contributed by atoms with Gasteiger partial charge in [0.1, 0.15) is 0 Å². The fraction of sp³-hybridized carbons (Fsp3) is 0.824. The van der Waals surface area contributed by atoms with E-state index in [-0.39, 0.29) is 42.7 Å². The number of nitrogens with zero attached hydrogens (tertiary/aromatic N) is 1. The minimum Gasteiger partial charge on any atom is -0.355 e. The van der Waals surface area contributed by atoms with Crippen molar-refractivity contribution in [3.63, 3.8) is 0 Å². The lowest BCUT2D eigenvalue weighted by Crippen LogP contribution is -2.50. The van der Waals surface area contributed by atoms with E-state index in [0.29, 0.717) is 19.6 Å². The first kappa shape index (κ1) is 22.7. The molecule has 1 unspecified atom stereocenters. The summed E-state index contributed by atoms with van der Waals surface area (Å²) in [5, 5.41) is 8.08. The average molecular weight is 390 g/mol. The number of hydrogen-bond donors (Lipinski definition) is 4. The molecule has 5 N–H and O–H groups in total. The third kappa shape index (κ3) is 7.88. The molecule has 0 radical (unpaired) electrons. The highest BCUT2D eigenvalue weighted by atomic mass is 35.5. The first-order valence-electron chi connectivity index (χ1n) is 9.39. The van der Waals surface area contributed by atoms with Gasteiger partial charge < -0.3 is 16.4 Å². The molecule has 150 valence electrons. The SMILES string of the molecule is Cl.NCCNC(=O)C1CCCN(CC(=O)NC(=O)NC2CCCCC2)C1. The highest BCUT2D eigenvalue weighted by molar-refractivity contribution is 5.95. The van der Waals surface area contributed by atoms with Crippen LogP contribution in [0.5, 0.6) is 0 Å². The molecule has 1 heterocycles. The second-order valence-electron chi connectivity index (χ2n) is 7.01. The Bertz CT molecular complexity index is 471. The number of amides is 4. The molecule has 2 rings (SSSR count). The monoisotopic (exact) mass is 389 g/mol. The van der Waals surface area contributed by atoms with Crippen LogP contribution in [0.4, 0.5) is 4.79 Å². The molecule has 0 spiro atoms. The highest BCUT2D eigenvalue weighted by Crippen LogP contribution is 2.17. The molecule has 1 atom stereocenters. The van der Waals surface area contributed by atoms with E-state index in [1.165, 1.54) is 6.42 Å². The number of hydrogen-bond acceptors (Lipinski definition) is 5. The molecule has 2 fully saturated rings. The second kappa shape index (κ2) is 12.1. The van der Waals surface area contributed by atoms with Crippen molar-refractivity contribution in [1.82, 2.24) is 20.9 Å². The van der Waals surface area contributed by atoms with Gasteiger partial charge in [-0.05, 0) is 32.2 Å². The standard InChI is InChI=1S/C17H31N5O3.ClH/c18-8-9-19-16(24)13-5-4-10-22(11-13)12-15(23)21-17(25)20-14-6-2-1-3-7-14;/h13-14H,1-12,18H2,(H,19,24)(H2,20,21,23,25);1H. The van der Waals surface area contributed by atoms with E-state index in [9.17, 15) is 14.4 Å². The number of imide groups is 1. The van der Waals surface area contributed by atoms with Gasteiger partial charge in [-0.15, -0.1) is 12.4 Å². The minimum absolute atomic E-state index is 0. The summed E-state index contributed by atoms with van der Waals surface area (Å²) in [7, 11) is 0. The summed E-state index contributed by atoms with van der Waals surface area (Å²) in [5.74, 6) is -0.453. The van der Waals surface area contributed by atoms with Crippen molar-refractivity contribution in [2.75, 3.05) is 32.7 Å². The highest BCUT2D eigenvalue weighted by Gasteiger charge is 2.27. The van der Waals surface area contributed by atoms with Crippen molar-refractivity contribution >= 4 is 30.3 Å². The summed E-state index contributed by atoms with van der Waals surface area (Å²) in [4.78, 5) is 38.0.